The Morgan fingerprint density at radius 3 is 2.90 bits per heavy atom. The van der Waals surface area contributed by atoms with Crippen molar-refractivity contribution in [1.82, 2.24) is 4.98 Å². The molecule has 0 saturated heterocycles. The van der Waals surface area contributed by atoms with Gasteiger partial charge in [-0.2, -0.15) is 0 Å². The van der Waals surface area contributed by atoms with E-state index < -0.39 is 6.23 Å². The van der Waals surface area contributed by atoms with Crippen molar-refractivity contribution in [1.29, 1.82) is 0 Å². The second-order valence-corrected chi connectivity index (χ2v) is 5.56. The quantitative estimate of drug-likeness (QED) is 0.633. The first-order valence-corrected chi connectivity index (χ1v) is 7.12. The number of H-pyrrole nitrogens is 1. The molecule has 0 saturated carbocycles. The van der Waals surface area contributed by atoms with Gasteiger partial charge < -0.3 is 15.4 Å². The number of nitrogens with one attached hydrogen (secondary N) is 2. The van der Waals surface area contributed by atoms with Crippen molar-refractivity contribution in [3.8, 4) is 0 Å². The molecule has 104 valence electrons. The summed E-state index contributed by atoms with van der Waals surface area (Å²) < 4.78 is 0. The second kappa shape index (κ2) is 4.65. The highest BCUT2D eigenvalue weighted by atomic mass is 35.5. The Labute approximate surface area is 126 Å². The molecule has 3 aromatic rings. The lowest BCUT2D eigenvalue weighted by Gasteiger charge is -2.05. The summed E-state index contributed by atoms with van der Waals surface area (Å²) >= 11 is 6.07. The van der Waals surface area contributed by atoms with Crippen molar-refractivity contribution in [3.05, 3.63) is 64.8 Å². The van der Waals surface area contributed by atoms with Gasteiger partial charge in [-0.3, -0.25) is 0 Å². The van der Waals surface area contributed by atoms with Crippen molar-refractivity contribution >= 4 is 39.8 Å². The van der Waals surface area contributed by atoms with E-state index in [0.717, 1.165) is 33.3 Å². The summed E-state index contributed by atoms with van der Waals surface area (Å²) in [5.41, 5.74) is 4.81. The van der Waals surface area contributed by atoms with Crippen molar-refractivity contribution in [2.45, 2.75) is 6.23 Å². The Kier molecular flexibility index (Phi) is 2.77. The molecule has 2 aromatic carbocycles. The molecule has 1 atom stereocenters. The number of hydrogen-bond donors (Lipinski definition) is 3. The molecule has 0 aliphatic carbocycles. The molecule has 1 aliphatic rings. The monoisotopic (exact) mass is 296 g/mol. The summed E-state index contributed by atoms with van der Waals surface area (Å²) in [5.74, 6) is 0. The summed E-state index contributed by atoms with van der Waals surface area (Å²) in [5, 5.41) is 15.1. The van der Waals surface area contributed by atoms with E-state index in [9.17, 15) is 5.11 Å². The molecule has 4 heteroatoms. The molecule has 1 unspecified atom stereocenters. The standard InChI is InChI=1S/C17H13ClN2O/c18-11-5-6-16-13(8-11)14(17(21)20-16)7-10-9-19-15-4-2-1-3-12(10)15/h1-9,17,19-21H/b14-7-. The SMILES string of the molecule is OC1Nc2ccc(Cl)cc2/C1=C/c1c[nH]c2ccccc12. The van der Waals surface area contributed by atoms with Crippen LogP contribution in [0, 0.1) is 0 Å². The fourth-order valence-corrected chi connectivity index (χ4v) is 2.96. The molecule has 3 nitrogen and oxygen atoms in total. The predicted molar refractivity (Wildman–Crippen MR) is 87.3 cm³/mol. The van der Waals surface area contributed by atoms with Gasteiger partial charge in [0.25, 0.3) is 0 Å². The Hall–Kier alpha value is -2.23. The van der Waals surface area contributed by atoms with E-state index in [0.29, 0.717) is 5.02 Å². The van der Waals surface area contributed by atoms with Crippen LogP contribution in [0.3, 0.4) is 0 Å². The number of anilines is 1. The van der Waals surface area contributed by atoms with Crippen LogP contribution in [0.25, 0.3) is 22.6 Å². The van der Waals surface area contributed by atoms with Crippen molar-refractivity contribution in [2.24, 2.45) is 0 Å². The van der Waals surface area contributed by atoms with Gasteiger partial charge in [-0.25, -0.2) is 0 Å². The molecule has 0 spiro atoms. The minimum absolute atomic E-state index is 0.662. The van der Waals surface area contributed by atoms with Crippen LogP contribution >= 0.6 is 11.6 Å². The zero-order valence-electron chi connectivity index (χ0n) is 11.1. The van der Waals surface area contributed by atoms with Crippen LogP contribution in [-0.2, 0) is 0 Å². The maximum absolute atomic E-state index is 10.2. The summed E-state index contributed by atoms with van der Waals surface area (Å²) in [7, 11) is 0. The maximum atomic E-state index is 10.2. The zero-order chi connectivity index (χ0) is 14.4. The summed E-state index contributed by atoms with van der Waals surface area (Å²) in [6.45, 7) is 0. The van der Waals surface area contributed by atoms with E-state index in [-0.39, 0.29) is 0 Å². The zero-order valence-corrected chi connectivity index (χ0v) is 11.9. The van der Waals surface area contributed by atoms with Crippen LogP contribution in [0.4, 0.5) is 5.69 Å². The molecular weight excluding hydrogens is 284 g/mol. The molecule has 21 heavy (non-hydrogen) atoms. The third-order valence-corrected chi connectivity index (χ3v) is 4.05. The first kappa shape index (κ1) is 12.5. The highest BCUT2D eigenvalue weighted by Crippen LogP contribution is 2.37. The Bertz CT molecular complexity index is 866. The van der Waals surface area contributed by atoms with Crippen LogP contribution in [-0.4, -0.2) is 16.3 Å². The van der Waals surface area contributed by atoms with Gasteiger partial charge in [0.05, 0.1) is 0 Å². The van der Waals surface area contributed by atoms with E-state index in [1.807, 2.05) is 48.7 Å². The Balaban J connectivity index is 1.88. The van der Waals surface area contributed by atoms with Gasteiger partial charge in [0.15, 0.2) is 6.23 Å². The van der Waals surface area contributed by atoms with Crippen LogP contribution < -0.4 is 5.32 Å². The molecule has 0 amide bonds. The minimum atomic E-state index is -0.716. The van der Waals surface area contributed by atoms with Crippen LogP contribution in [0.2, 0.25) is 5.02 Å². The van der Waals surface area contributed by atoms with E-state index in [1.165, 1.54) is 0 Å². The second-order valence-electron chi connectivity index (χ2n) is 5.13. The summed E-state index contributed by atoms with van der Waals surface area (Å²) in [6, 6.07) is 13.7. The predicted octanol–water partition coefficient (Wildman–Crippen LogP) is 4.11. The molecule has 4 rings (SSSR count). The van der Waals surface area contributed by atoms with Gasteiger partial charge in [0.1, 0.15) is 0 Å². The molecule has 1 aliphatic heterocycles. The fourth-order valence-electron chi connectivity index (χ4n) is 2.79. The van der Waals surface area contributed by atoms with E-state index in [1.54, 1.807) is 0 Å². The number of para-hydroxylation sites is 1. The molecule has 1 aromatic heterocycles. The molecule has 0 bridgehead atoms. The number of benzene rings is 2. The minimum Gasteiger partial charge on any atom is -0.369 e. The van der Waals surface area contributed by atoms with Crippen molar-refractivity contribution in [3.63, 3.8) is 0 Å². The molecular formula is C17H13ClN2O. The lowest BCUT2D eigenvalue weighted by atomic mass is 10.0. The lowest BCUT2D eigenvalue weighted by Crippen LogP contribution is -2.12. The first-order valence-electron chi connectivity index (χ1n) is 6.74. The van der Waals surface area contributed by atoms with Gasteiger partial charge in [-0.15, -0.1) is 0 Å². The van der Waals surface area contributed by atoms with Gasteiger partial charge in [-0.1, -0.05) is 29.8 Å². The number of aromatic amines is 1. The largest absolute Gasteiger partial charge is 0.369 e. The average molecular weight is 297 g/mol. The third-order valence-electron chi connectivity index (χ3n) is 3.81. The average Bonchev–Trinajstić information content (AvgIpc) is 3.02. The van der Waals surface area contributed by atoms with E-state index >= 15 is 0 Å². The highest BCUT2D eigenvalue weighted by Gasteiger charge is 2.24. The van der Waals surface area contributed by atoms with Gasteiger partial charge in [0.2, 0.25) is 0 Å². The molecule has 0 fully saturated rings. The highest BCUT2D eigenvalue weighted by molar-refractivity contribution is 6.31. The Morgan fingerprint density at radius 2 is 2.00 bits per heavy atom. The number of aliphatic hydroxyl groups is 1. The summed E-state index contributed by atoms with van der Waals surface area (Å²) in [6.07, 6.45) is 3.23. The Morgan fingerprint density at radius 1 is 1.14 bits per heavy atom. The van der Waals surface area contributed by atoms with Crippen molar-refractivity contribution < 1.29 is 5.11 Å². The number of rotatable bonds is 1. The van der Waals surface area contributed by atoms with E-state index in [2.05, 4.69) is 16.4 Å². The van der Waals surface area contributed by atoms with Crippen LogP contribution in [0.1, 0.15) is 11.1 Å². The number of aromatic nitrogens is 1. The van der Waals surface area contributed by atoms with Crippen LogP contribution in [0.5, 0.6) is 0 Å². The number of halogens is 1. The lowest BCUT2D eigenvalue weighted by molar-refractivity contribution is 0.266. The third kappa shape index (κ3) is 2.02. The van der Waals surface area contributed by atoms with Gasteiger partial charge in [0, 0.05) is 44.5 Å². The normalized spacial score (nSPS) is 19.0. The summed E-state index contributed by atoms with van der Waals surface area (Å²) in [4.78, 5) is 3.24. The van der Waals surface area contributed by atoms with Crippen molar-refractivity contribution in [2.75, 3.05) is 5.32 Å². The molecule has 0 radical (unpaired) electrons. The maximum Gasteiger partial charge on any atom is 0.151 e. The smallest absolute Gasteiger partial charge is 0.151 e. The topological polar surface area (TPSA) is 48.0 Å². The first-order chi connectivity index (χ1) is 10.2. The van der Waals surface area contributed by atoms with E-state index in [4.69, 9.17) is 11.6 Å². The number of aliphatic hydroxyl groups excluding tert-OH is 1. The fraction of sp³-hybridized carbons (Fsp3) is 0.0588. The molecule has 2 heterocycles. The van der Waals surface area contributed by atoms with Gasteiger partial charge >= 0.3 is 0 Å². The van der Waals surface area contributed by atoms with Gasteiger partial charge in [-0.05, 0) is 30.3 Å². The van der Waals surface area contributed by atoms with Crippen LogP contribution in [0.15, 0.2) is 48.7 Å². The number of fused-ring (bicyclic) bond motifs is 2. The molecule has 3 N–H and O–H groups in total. The number of hydrogen-bond acceptors (Lipinski definition) is 2.